The maximum atomic E-state index is 13.0. The van der Waals surface area contributed by atoms with Crippen molar-refractivity contribution in [1.82, 2.24) is 9.62 Å². The van der Waals surface area contributed by atoms with E-state index in [-0.39, 0.29) is 17.0 Å². The third kappa shape index (κ3) is 4.91. The van der Waals surface area contributed by atoms with E-state index < -0.39 is 21.8 Å². The number of morpholine rings is 1. The Morgan fingerprint density at radius 1 is 0.964 bits per heavy atom. The Morgan fingerprint density at radius 2 is 1.61 bits per heavy atom. The van der Waals surface area contributed by atoms with Crippen molar-refractivity contribution in [1.29, 1.82) is 0 Å². The predicted octanol–water partition coefficient (Wildman–Crippen LogP) is 3.02. The van der Waals surface area contributed by atoms with Gasteiger partial charge in [-0.05, 0) is 29.3 Å². The van der Waals surface area contributed by atoms with Crippen LogP contribution in [-0.4, -0.2) is 39.0 Å². The highest BCUT2D eigenvalue weighted by atomic mass is 32.2. The summed E-state index contributed by atoms with van der Waals surface area (Å²) in [7, 11) is -3.56. The molecular weight excluding hydrogens is 393 g/mol. The standard InChI is InChI=1S/C19H21F3N2O3S/c20-19(21,22)18-4-2-1-3-16(18)14-23-13-15-5-7-17(8-6-15)28(25,26)24-9-11-27-12-10-24/h1-8,23H,9-14H2. The van der Waals surface area contributed by atoms with Crippen molar-refractivity contribution in [3.05, 3.63) is 65.2 Å². The Balaban J connectivity index is 1.61. The van der Waals surface area contributed by atoms with E-state index in [1.807, 2.05) is 0 Å². The van der Waals surface area contributed by atoms with E-state index >= 15 is 0 Å². The summed E-state index contributed by atoms with van der Waals surface area (Å²) < 4.78 is 70.8. The molecule has 28 heavy (non-hydrogen) atoms. The number of hydrogen-bond acceptors (Lipinski definition) is 4. The summed E-state index contributed by atoms with van der Waals surface area (Å²) in [6, 6.07) is 11.8. The molecule has 0 bridgehead atoms. The largest absolute Gasteiger partial charge is 0.416 e. The lowest BCUT2D eigenvalue weighted by Crippen LogP contribution is -2.40. The Morgan fingerprint density at radius 3 is 2.25 bits per heavy atom. The molecule has 0 amide bonds. The number of sulfonamides is 1. The first kappa shape index (κ1) is 20.8. The molecule has 0 aliphatic carbocycles. The lowest BCUT2D eigenvalue weighted by atomic mass is 10.1. The highest BCUT2D eigenvalue weighted by molar-refractivity contribution is 7.89. The molecule has 0 atom stereocenters. The SMILES string of the molecule is O=S(=O)(c1ccc(CNCc2ccccc2C(F)(F)F)cc1)N1CCOCC1. The third-order valence-corrected chi connectivity index (χ3v) is 6.41. The summed E-state index contributed by atoms with van der Waals surface area (Å²) in [4.78, 5) is 0.195. The van der Waals surface area contributed by atoms with E-state index in [9.17, 15) is 21.6 Å². The first-order valence-corrected chi connectivity index (χ1v) is 10.2. The van der Waals surface area contributed by atoms with Gasteiger partial charge in [0.25, 0.3) is 0 Å². The number of rotatable bonds is 6. The van der Waals surface area contributed by atoms with Crippen LogP contribution in [0.2, 0.25) is 0 Å². The summed E-state index contributed by atoms with van der Waals surface area (Å²) in [5.41, 5.74) is 0.293. The quantitative estimate of drug-likeness (QED) is 0.790. The van der Waals surface area contributed by atoms with Gasteiger partial charge < -0.3 is 10.1 Å². The zero-order valence-electron chi connectivity index (χ0n) is 15.1. The molecular formula is C19H21F3N2O3S. The van der Waals surface area contributed by atoms with Crippen molar-refractivity contribution in [2.45, 2.75) is 24.2 Å². The number of ether oxygens (including phenoxy) is 1. The van der Waals surface area contributed by atoms with Gasteiger partial charge in [-0.3, -0.25) is 0 Å². The van der Waals surface area contributed by atoms with Crippen LogP contribution in [0.4, 0.5) is 13.2 Å². The molecule has 1 saturated heterocycles. The Labute approximate surface area is 162 Å². The molecule has 2 aromatic carbocycles. The minimum absolute atomic E-state index is 0.0590. The monoisotopic (exact) mass is 414 g/mol. The molecule has 3 rings (SSSR count). The molecule has 0 unspecified atom stereocenters. The number of benzene rings is 2. The number of halogens is 3. The fourth-order valence-electron chi connectivity index (χ4n) is 3.01. The fraction of sp³-hybridized carbons (Fsp3) is 0.368. The van der Waals surface area contributed by atoms with E-state index in [2.05, 4.69) is 5.32 Å². The molecule has 0 aromatic heterocycles. The highest BCUT2D eigenvalue weighted by Crippen LogP contribution is 2.31. The van der Waals surface area contributed by atoms with Gasteiger partial charge in [0.05, 0.1) is 23.7 Å². The Kier molecular flexibility index (Phi) is 6.39. The maximum Gasteiger partial charge on any atom is 0.416 e. The van der Waals surface area contributed by atoms with Crippen molar-refractivity contribution >= 4 is 10.0 Å². The van der Waals surface area contributed by atoms with Gasteiger partial charge in [-0.25, -0.2) is 8.42 Å². The van der Waals surface area contributed by atoms with Crippen molar-refractivity contribution in [2.75, 3.05) is 26.3 Å². The van der Waals surface area contributed by atoms with Crippen LogP contribution in [0, 0.1) is 0 Å². The van der Waals surface area contributed by atoms with Gasteiger partial charge in [-0.2, -0.15) is 17.5 Å². The molecule has 0 radical (unpaired) electrons. The Hall–Kier alpha value is -1.94. The van der Waals surface area contributed by atoms with Crippen molar-refractivity contribution in [3.63, 3.8) is 0 Å². The van der Waals surface area contributed by atoms with Crippen LogP contribution in [-0.2, 0) is 34.0 Å². The topological polar surface area (TPSA) is 58.6 Å². The highest BCUT2D eigenvalue weighted by Gasteiger charge is 2.32. The molecule has 1 aliphatic heterocycles. The normalized spacial score (nSPS) is 16.2. The first-order chi connectivity index (χ1) is 13.3. The zero-order chi connectivity index (χ0) is 20.2. The average Bonchev–Trinajstić information content (AvgIpc) is 2.69. The molecule has 9 heteroatoms. The average molecular weight is 414 g/mol. The molecule has 5 nitrogen and oxygen atoms in total. The smallest absolute Gasteiger partial charge is 0.379 e. The predicted molar refractivity (Wildman–Crippen MR) is 98.0 cm³/mol. The maximum absolute atomic E-state index is 13.0. The summed E-state index contributed by atoms with van der Waals surface area (Å²) in [5, 5.41) is 2.98. The van der Waals surface area contributed by atoms with Crippen LogP contribution in [0.25, 0.3) is 0 Å². The number of hydrogen-bond donors (Lipinski definition) is 1. The zero-order valence-corrected chi connectivity index (χ0v) is 15.9. The van der Waals surface area contributed by atoms with Crippen LogP contribution >= 0.6 is 0 Å². The summed E-state index contributed by atoms with van der Waals surface area (Å²) in [6.07, 6.45) is -4.40. The number of nitrogens with zero attached hydrogens (tertiary/aromatic N) is 1. The van der Waals surface area contributed by atoms with Crippen LogP contribution in [0.3, 0.4) is 0 Å². The van der Waals surface area contributed by atoms with E-state index in [0.29, 0.717) is 32.8 Å². The molecule has 152 valence electrons. The van der Waals surface area contributed by atoms with E-state index in [1.54, 1.807) is 18.2 Å². The van der Waals surface area contributed by atoms with Crippen LogP contribution < -0.4 is 5.32 Å². The minimum Gasteiger partial charge on any atom is -0.379 e. The lowest BCUT2D eigenvalue weighted by molar-refractivity contribution is -0.138. The second-order valence-electron chi connectivity index (χ2n) is 6.42. The lowest BCUT2D eigenvalue weighted by Gasteiger charge is -2.26. The van der Waals surface area contributed by atoms with Gasteiger partial charge >= 0.3 is 6.18 Å². The van der Waals surface area contributed by atoms with E-state index in [1.165, 1.54) is 28.6 Å². The Bertz CT molecular complexity index is 893. The van der Waals surface area contributed by atoms with Crippen LogP contribution in [0.5, 0.6) is 0 Å². The minimum atomic E-state index is -4.40. The van der Waals surface area contributed by atoms with Crippen molar-refractivity contribution < 1.29 is 26.3 Å². The van der Waals surface area contributed by atoms with Crippen molar-refractivity contribution in [3.8, 4) is 0 Å². The van der Waals surface area contributed by atoms with Gasteiger partial charge in [0, 0.05) is 26.2 Å². The fourth-order valence-corrected chi connectivity index (χ4v) is 4.42. The molecule has 0 spiro atoms. The molecule has 1 fully saturated rings. The van der Waals surface area contributed by atoms with Gasteiger partial charge in [0.1, 0.15) is 0 Å². The van der Waals surface area contributed by atoms with Crippen LogP contribution in [0.1, 0.15) is 16.7 Å². The molecule has 1 heterocycles. The third-order valence-electron chi connectivity index (χ3n) is 4.50. The second kappa shape index (κ2) is 8.60. The summed E-state index contributed by atoms with van der Waals surface area (Å²) in [5.74, 6) is 0. The summed E-state index contributed by atoms with van der Waals surface area (Å²) in [6.45, 7) is 1.78. The number of alkyl halides is 3. The van der Waals surface area contributed by atoms with E-state index in [4.69, 9.17) is 4.74 Å². The van der Waals surface area contributed by atoms with Gasteiger partial charge in [-0.1, -0.05) is 30.3 Å². The molecule has 1 aliphatic rings. The van der Waals surface area contributed by atoms with Gasteiger partial charge in [0.15, 0.2) is 0 Å². The van der Waals surface area contributed by atoms with Crippen molar-refractivity contribution in [2.24, 2.45) is 0 Å². The number of nitrogens with one attached hydrogen (secondary N) is 1. The van der Waals surface area contributed by atoms with Gasteiger partial charge in [0.2, 0.25) is 10.0 Å². The second-order valence-corrected chi connectivity index (χ2v) is 8.36. The molecule has 1 N–H and O–H groups in total. The first-order valence-electron chi connectivity index (χ1n) is 8.81. The summed E-state index contributed by atoms with van der Waals surface area (Å²) >= 11 is 0. The molecule has 2 aromatic rings. The van der Waals surface area contributed by atoms with Gasteiger partial charge in [-0.15, -0.1) is 0 Å². The molecule has 0 saturated carbocycles. The van der Waals surface area contributed by atoms with Crippen LogP contribution in [0.15, 0.2) is 53.4 Å². The van der Waals surface area contributed by atoms with E-state index in [0.717, 1.165) is 11.6 Å².